The van der Waals surface area contributed by atoms with Crippen molar-refractivity contribution in [3.63, 3.8) is 0 Å². The lowest BCUT2D eigenvalue weighted by molar-refractivity contribution is -0.143. The Morgan fingerprint density at radius 2 is 1.35 bits per heavy atom. The number of hydrogen-bond donors (Lipinski definition) is 0. The van der Waals surface area contributed by atoms with E-state index in [1.54, 1.807) is 34.0 Å². The molecule has 3 aromatic rings. The lowest BCUT2D eigenvalue weighted by Crippen LogP contribution is -2.49. The Balaban J connectivity index is 1.53. The molecule has 0 saturated carbocycles. The van der Waals surface area contributed by atoms with Gasteiger partial charge in [0, 0.05) is 38.6 Å². The maximum absolute atomic E-state index is 13.1. The third kappa shape index (κ3) is 4.84. The number of benzene rings is 1. The highest BCUT2D eigenvalue weighted by molar-refractivity contribution is 7.89. The molecule has 0 atom stereocenters. The van der Waals surface area contributed by atoms with E-state index in [1.807, 2.05) is 0 Å². The van der Waals surface area contributed by atoms with Crippen molar-refractivity contribution in [3.05, 3.63) is 60.2 Å². The minimum atomic E-state index is -5.15. The van der Waals surface area contributed by atoms with Crippen molar-refractivity contribution in [3.8, 4) is 5.82 Å². The van der Waals surface area contributed by atoms with E-state index in [0.717, 1.165) is 4.31 Å². The van der Waals surface area contributed by atoms with Crippen molar-refractivity contribution < 1.29 is 34.8 Å². The van der Waals surface area contributed by atoms with E-state index in [2.05, 4.69) is 15.2 Å². The Kier molecular flexibility index (Phi) is 6.01. The average molecular weight is 506 g/mol. The average Bonchev–Trinajstić information content (AvgIpc) is 3.33. The molecule has 15 heteroatoms. The van der Waals surface area contributed by atoms with Crippen LogP contribution >= 0.6 is 0 Å². The molecule has 0 spiro atoms. The highest BCUT2D eigenvalue weighted by atomic mass is 32.2. The maximum Gasteiger partial charge on any atom is 0.416 e. The smallest absolute Gasteiger partial charge is 0.352 e. The second-order valence-electron chi connectivity index (χ2n) is 7.35. The molecule has 0 bridgehead atoms. The molecule has 0 N–H and O–H groups in total. The number of sulfonamides is 1. The van der Waals surface area contributed by atoms with Gasteiger partial charge in [0.25, 0.3) is 0 Å². The molecule has 0 aliphatic carbocycles. The summed E-state index contributed by atoms with van der Waals surface area (Å²) in [7, 11) is -4.61. The summed E-state index contributed by atoms with van der Waals surface area (Å²) in [6.45, 7) is -0.0946. The molecule has 0 unspecified atom stereocenters. The van der Waals surface area contributed by atoms with Crippen LogP contribution in [0.3, 0.4) is 0 Å². The number of alkyl halides is 6. The molecule has 3 heterocycles. The molecule has 0 amide bonds. The van der Waals surface area contributed by atoms with Crippen molar-refractivity contribution in [2.45, 2.75) is 17.2 Å². The summed E-state index contributed by atoms with van der Waals surface area (Å²) in [5.41, 5.74) is -3.37. The predicted octanol–water partition coefficient (Wildman–Crippen LogP) is 3.21. The highest BCUT2D eigenvalue weighted by Gasteiger charge is 2.39. The summed E-state index contributed by atoms with van der Waals surface area (Å²) in [6.07, 6.45) is -5.52. The molecular weight excluding hydrogens is 490 g/mol. The Morgan fingerprint density at radius 3 is 1.82 bits per heavy atom. The first-order chi connectivity index (χ1) is 15.9. The molecule has 1 aromatic carbocycles. The first-order valence-electron chi connectivity index (χ1n) is 9.72. The van der Waals surface area contributed by atoms with Crippen LogP contribution in [-0.4, -0.2) is 58.7 Å². The summed E-state index contributed by atoms with van der Waals surface area (Å²) < 4.78 is 107. The first-order valence-corrected chi connectivity index (χ1v) is 11.2. The Morgan fingerprint density at radius 1 is 0.794 bits per heavy atom. The van der Waals surface area contributed by atoms with Gasteiger partial charge < -0.3 is 4.90 Å². The van der Waals surface area contributed by atoms with Gasteiger partial charge in [0.05, 0.1) is 16.0 Å². The van der Waals surface area contributed by atoms with E-state index >= 15 is 0 Å². The minimum absolute atomic E-state index is 0.108. The number of rotatable bonds is 4. The zero-order valence-corrected chi connectivity index (χ0v) is 17.9. The summed E-state index contributed by atoms with van der Waals surface area (Å²) in [5, 5.41) is 8.15. The third-order valence-electron chi connectivity index (χ3n) is 5.17. The first kappa shape index (κ1) is 23.9. The number of anilines is 1. The largest absolute Gasteiger partial charge is 0.416 e. The molecule has 2 aromatic heterocycles. The number of aromatic nitrogens is 4. The maximum atomic E-state index is 13.1. The normalized spacial score (nSPS) is 16.1. The fourth-order valence-corrected chi connectivity index (χ4v) is 4.90. The van der Waals surface area contributed by atoms with Crippen LogP contribution < -0.4 is 4.90 Å². The second kappa shape index (κ2) is 8.54. The van der Waals surface area contributed by atoms with Crippen LogP contribution in [-0.2, 0) is 22.4 Å². The molecule has 182 valence electrons. The molecular formula is C19H16F6N6O2S. The van der Waals surface area contributed by atoms with Gasteiger partial charge in [0.15, 0.2) is 11.6 Å². The van der Waals surface area contributed by atoms with Gasteiger partial charge >= 0.3 is 12.4 Å². The number of piperazine rings is 1. The molecule has 1 aliphatic heterocycles. The summed E-state index contributed by atoms with van der Waals surface area (Å²) in [6, 6.07) is 3.67. The second-order valence-corrected chi connectivity index (χ2v) is 9.29. The number of hydrogen-bond acceptors (Lipinski definition) is 6. The van der Waals surface area contributed by atoms with Gasteiger partial charge in [-0.05, 0) is 30.3 Å². The lowest BCUT2D eigenvalue weighted by Gasteiger charge is -2.34. The van der Waals surface area contributed by atoms with Crippen LogP contribution in [0.25, 0.3) is 5.82 Å². The van der Waals surface area contributed by atoms with E-state index in [0.29, 0.717) is 11.6 Å². The monoisotopic (exact) mass is 506 g/mol. The predicted molar refractivity (Wildman–Crippen MR) is 107 cm³/mol. The third-order valence-corrected chi connectivity index (χ3v) is 7.04. The van der Waals surface area contributed by atoms with Gasteiger partial charge in [-0.15, -0.1) is 10.2 Å². The molecule has 34 heavy (non-hydrogen) atoms. The fourth-order valence-electron chi connectivity index (χ4n) is 3.40. The van der Waals surface area contributed by atoms with Crippen molar-refractivity contribution in [2.75, 3.05) is 31.1 Å². The lowest BCUT2D eigenvalue weighted by atomic mass is 10.1. The van der Waals surface area contributed by atoms with E-state index in [-0.39, 0.29) is 44.4 Å². The SMILES string of the molecule is O=S(=O)(c1cc(C(F)(F)F)cc(C(F)(F)F)c1)N1CCN(c2ccc(-n3ccnc3)nn2)CC1. The summed E-state index contributed by atoms with van der Waals surface area (Å²) in [4.78, 5) is 4.55. The van der Waals surface area contributed by atoms with Crippen LogP contribution in [0.1, 0.15) is 11.1 Å². The zero-order valence-electron chi connectivity index (χ0n) is 17.1. The summed E-state index contributed by atoms with van der Waals surface area (Å²) in [5.74, 6) is 0.951. The van der Waals surface area contributed by atoms with Crippen LogP contribution in [0.15, 0.2) is 53.9 Å². The van der Waals surface area contributed by atoms with Gasteiger partial charge in [0.2, 0.25) is 10.0 Å². The van der Waals surface area contributed by atoms with E-state index in [4.69, 9.17) is 0 Å². The molecule has 1 saturated heterocycles. The molecule has 1 fully saturated rings. The van der Waals surface area contributed by atoms with E-state index in [1.165, 1.54) is 6.33 Å². The number of halogens is 6. The van der Waals surface area contributed by atoms with Gasteiger partial charge in [-0.1, -0.05) is 0 Å². The van der Waals surface area contributed by atoms with Crippen molar-refractivity contribution in [1.82, 2.24) is 24.1 Å². The Bertz CT molecular complexity index is 1220. The fraction of sp³-hybridized carbons (Fsp3) is 0.316. The van der Waals surface area contributed by atoms with Gasteiger partial charge in [0.1, 0.15) is 6.33 Å². The molecule has 8 nitrogen and oxygen atoms in total. The van der Waals surface area contributed by atoms with Gasteiger partial charge in [-0.25, -0.2) is 13.4 Å². The Labute approximate surface area is 189 Å². The Hall–Kier alpha value is -3.20. The quantitative estimate of drug-likeness (QED) is 0.506. The van der Waals surface area contributed by atoms with Crippen LogP contribution in [0.4, 0.5) is 32.2 Å². The van der Waals surface area contributed by atoms with E-state index in [9.17, 15) is 34.8 Å². The number of nitrogens with zero attached hydrogens (tertiary/aromatic N) is 6. The van der Waals surface area contributed by atoms with Crippen LogP contribution in [0.5, 0.6) is 0 Å². The van der Waals surface area contributed by atoms with Gasteiger partial charge in [-0.2, -0.15) is 30.6 Å². The zero-order chi connectivity index (χ0) is 24.7. The van der Waals surface area contributed by atoms with Crippen molar-refractivity contribution >= 4 is 15.8 Å². The van der Waals surface area contributed by atoms with Crippen molar-refractivity contribution in [2.24, 2.45) is 0 Å². The van der Waals surface area contributed by atoms with Crippen LogP contribution in [0, 0.1) is 0 Å². The topological polar surface area (TPSA) is 84.2 Å². The standard InChI is InChI=1S/C19H16F6N6O2S/c20-18(21,22)13-9-14(19(23,24)25)11-15(10-13)34(32,33)31-7-5-29(6-8-31)16-1-2-17(28-27-16)30-4-3-26-12-30/h1-4,9-12H,5-8H2. The van der Waals surface area contributed by atoms with Crippen molar-refractivity contribution in [1.29, 1.82) is 0 Å². The minimum Gasteiger partial charge on any atom is -0.352 e. The molecule has 0 radical (unpaired) electrons. The highest BCUT2D eigenvalue weighted by Crippen LogP contribution is 2.38. The van der Waals surface area contributed by atoms with Crippen LogP contribution in [0.2, 0.25) is 0 Å². The van der Waals surface area contributed by atoms with Gasteiger partial charge in [-0.3, -0.25) is 4.57 Å². The van der Waals surface area contributed by atoms with E-state index < -0.39 is 38.4 Å². The summed E-state index contributed by atoms with van der Waals surface area (Å²) >= 11 is 0. The number of imidazole rings is 1. The molecule has 4 rings (SSSR count). The molecule has 1 aliphatic rings.